The summed E-state index contributed by atoms with van der Waals surface area (Å²) in [5, 5.41) is 8.76. The maximum absolute atomic E-state index is 8.76. The van der Waals surface area contributed by atoms with Crippen molar-refractivity contribution in [1.29, 1.82) is 0 Å². The second-order valence-corrected chi connectivity index (χ2v) is 7.78. The van der Waals surface area contributed by atoms with Gasteiger partial charge < -0.3 is 33.5 Å². The molecule has 2 aromatic carbocycles. The van der Waals surface area contributed by atoms with Gasteiger partial charge in [-0.3, -0.25) is 0 Å². The van der Waals surface area contributed by atoms with Crippen molar-refractivity contribution in [2.45, 2.75) is 71.7 Å². The van der Waals surface area contributed by atoms with Crippen molar-refractivity contribution in [2.75, 3.05) is 34.0 Å². The summed E-state index contributed by atoms with van der Waals surface area (Å²) in [5.41, 5.74) is 2.02. The zero-order chi connectivity index (χ0) is 27.5. The molecule has 2 unspecified atom stereocenters. The van der Waals surface area contributed by atoms with Crippen molar-refractivity contribution in [3.05, 3.63) is 72.3 Å². The molecule has 4 atom stereocenters. The minimum Gasteiger partial charge on any atom is -0.497 e. The third kappa shape index (κ3) is 11.2. The molecule has 0 aliphatic carbocycles. The number of rotatable bonds is 9. The van der Waals surface area contributed by atoms with Crippen LogP contribution < -0.4 is 9.47 Å². The lowest BCUT2D eigenvalue weighted by atomic mass is 10.2. The number of methoxy groups -OCH3 is 2. The molecule has 7 heteroatoms. The molecule has 2 aromatic rings. The van der Waals surface area contributed by atoms with Crippen LogP contribution >= 0.6 is 0 Å². The summed E-state index contributed by atoms with van der Waals surface area (Å²) >= 11 is 0. The highest BCUT2D eigenvalue weighted by Crippen LogP contribution is 2.30. The lowest BCUT2D eigenvalue weighted by Gasteiger charge is -2.11. The molecule has 2 fully saturated rings. The molecule has 0 spiro atoms. The van der Waals surface area contributed by atoms with Crippen LogP contribution in [0.2, 0.25) is 0 Å². The number of ether oxygens (including phenoxy) is 6. The standard InChI is InChI=1S/C13H18O4.C13H16O3.2C2H6/c1-15-11-6-4-10(5-7-11)13-16-9-12(17-13)3-2-8-14;1-3-4-12-9-15-13(16-12)10-5-7-11(14-2)8-6-10;2*1-2/h4-7,12-14H,2-3,8-9H2,1H3;3,5-8,12-13H,1,4,9H2,2H3;2*1-2H3/t2*12-,13?;;/m00../s1. The average molecular weight is 519 g/mol. The fourth-order valence-corrected chi connectivity index (χ4v) is 3.55. The lowest BCUT2D eigenvalue weighted by molar-refractivity contribution is -0.0617. The first kappa shape index (κ1) is 32.6. The van der Waals surface area contributed by atoms with Crippen molar-refractivity contribution in [1.82, 2.24) is 0 Å². The molecule has 4 rings (SSSR count). The summed E-state index contributed by atoms with van der Waals surface area (Å²) in [6, 6.07) is 15.4. The predicted octanol–water partition coefficient (Wildman–Crippen LogP) is 6.62. The highest BCUT2D eigenvalue weighted by Gasteiger charge is 2.27. The van der Waals surface area contributed by atoms with Gasteiger partial charge in [0.2, 0.25) is 0 Å². The van der Waals surface area contributed by atoms with Crippen LogP contribution in [0.15, 0.2) is 61.2 Å². The van der Waals surface area contributed by atoms with Crippen molar-refractivity contribution in [3.63, 3.8) is 0 Å². The third-order valence-electron chi connectivity index (χ3n) is 5.39. The molecule has 0 amide bonds. The molecule has 0 radical (unpaired) electrons. The smallest absolute Gasteiger partial charge is 0.184 e. The first-order valence-corrected chi connectivity index (χ1v) is 13.2. The molecule has 0 bridgehead atoms. The van der Waals surface area contributed by atoms with E-state index in [-0.39, 0.29) is 31.4 Å². The first-order valence-electron chi connectivity index (χ1n) is 13.2. The molecular formula is C30H46O7. The van der Waals surface area contributed by atoms with Gasteiger partial charge in [-0.15, -0.1) is 6.58 Å². The van der Waals surface area contributed by atoms with E-state index in [4.69, 9.17) is 33.5 Å². The summed E-state index contributed by atoms with van der Waals surface area (Å²) in [4.78, 5) is 0. The zero-order valence-electron chi connectivity index (χ0n) is 23.4. The van der Waals surface area contributed by atoms with Crippen LogP contribution in [0.1, 0.15) is 70.7 Å². The maximum Gasteiger partial charge on any atom is 0.184 e. The van der Waals surface area contributed by atoms with Gasteiger partial charge in [0.1, 0.15) is 11.5 Å². The van der Waals surface area contributed by atoms with E-state index in [0.717, 1.165) is 41.9 Å². The van der Waals surface area contributed by atoms with Crippen LogP contribution in [0, 0.1) is 0 Å². The Balaban J connectivity index is 0.000000327. The van der Waals surface area contributed by atoms with Gasteiger partial charge >= 0.3 is 0 Å². The number of aliphatic hydroxyl groups is 1. The Hall–Kier alpha value is -2.42. The van der Waals surface area contributed by atoms with Crippen LogP contribution in [0.25, 0.3) is 0 Å². The van der Waals surface area contributed by atoms with Crippen molar-refractivity contribution >= 4 is 0 Å². The minimum atomic E-state index is -0.287. The van der Waals surface area contributed by atoms with Crippen molar-refractivity contribution < 1.29 is 33.5 Å². The number of aliphatic hydroxyl groups excluding tert-OH is 1. The summed E-state index contributed by atoms with van der Waals surface area (Å²) in [6.07, 6.45) is 3.95. The summed E-state index contributed by atoms with van der Waals surface area (Å²) < 4.78 is 32.8. The fourth-order valence-electron chi connectivity index (χ4n) is 3.55. The Morgan fingerprint density at radius 2 is 1.22 bits per heavy atom. The van der Waals surface area contributed by atoms with Crippen LogP contribution in [-0.4, -0.2) is 51.4 Å². The molecule has 208 valence electrons. The number of hydrogen-bond donors (Lipinski definition) is 1. The van der Waals surface area contributed by atoms with E-state index in [2.05, 4.69) is 6.58 Å². The van der Waals surface area contributed by atoms with Crippen molar-refractivity contribution in [2.24, 2.45) is 0 Å². The summed E-state index contributed by atoms with van der Waals surface area (Å²) in [6.45, 7) is 13.1. The van der Waals surface area contributed by atoms with Gasteiger partial charge in [0.25, 0.3) is 0 Å². The summed E-state index contributed by atoms with van der Waals surface area (Å²) in [5.74, 6) is 1.66. The molecule has 7 nitrogen and oxygen atoms in total. The van der Waals surface area contributed by atoms with Gasteiger partial charge in [0, 0.05) is 17.7 Å². The molecule has 2 aliphatic rings. The largest absolute Gasteiger partial charge is 0.497 e. The Kier molecular flexibility index (Phi) is 17.3. The second-order valence-electron chi connectivity index (χ2n) is 7.78. The molecular weight excluding hydrogens is 472 g/mol. The van der Waals surface area contributed by atoms with Gasteiger partial charge in [-0.25, -0.2) is 0 Å². The molecule has 2 aliphatic heterocycles. The lowest BCUT2D eigenvalue weighted by Crippen LogP contribution is -2.10. The fraction of sp³-hybridized carbons (Fsp3) is 0.533. The van der Waals surface area contributed by atoms with E-state index in [9.17, 15) is 0 Å². The SMILES string of the molecule is C=CC[C@H]1COC(c2ccc(OC)cc2)O1.CC.CC.COc1ccc(C2OC[C@H](CCCO)O2)cc1. The van der Waals surface area contributed by atoms with Gasteiger partial charge in [-0.2, -0.15) is 0 Å². The normalized spacial score (nSPS) is 21.8. The van der Waals surface area contributed by atoms with E-state index in [1.54, 1.807) is 14.2 Å². The van der Waals surface area contributed by atoms with Gasteiger partial charge in [0.05, 0.1) is 39.6 Å². The van der Waals surface area contributed by atoms with E-state index in [1.807, 2.05) is 82.3 Å². The predicted molar refractivity (Wildman–Crippen MR) is 147 cm³/mol. The van der Waals surface area contributed by atoms with Gasteiger partial charge in [0.15, 0.2) is 12.6 Å². The molecule has 2 heterocycles. The summed E-state index contributed by atoms with van der Waals surface area (Å²) in [7, 11) is 3.29. The quantitative estimate of drug-likeness (QED) is 0.374. The minimum absolute atomic E-state index is 0.0919. The maximum atomic E-state index is 8.76. The Bertz CT molecular complexity index is 823. The Labute approximate surface area is 223 Å². The highest BCUT2D eigenvalue weighted by atomic mass is 16.7. The van der Waals surface area contributed by atoms with E-state index in [0.29, 0.717) is 13.2 Å². The van der Waals surface area contributed by atoms with Crippen LogP contribution in [0.4, 0.5) is 0 Å². The number of benzene rings is 2. The molecule has 1 N–H and O–H groups in total. The highest BCUT2D eigenvalue weighted by molar-refractivity contribution is 5.28. The molecule has 0 saturated carbocycles. The van der Waals surface area contributed by atoms with Gasteiger partial charge in [-0.1, -0.05) is 58.0 Å². The van der Waals surface area contributed by atoms with E-state index in [1.165, 1.54) is 0 Å². The molecule has 0 aromatic heterocycles. The van der Waals surface area contributed by atoms with Gasteiger partial charge in [-0.05, 0) is 43.5 Å². The average Bonchev–Trinajstić information content (AvgIpc) is 3.65. The molecule has 2 saturated heterocycles. The number of hydrogen-bond acceptors (Lipinski definition) is 7. The zero-order valence-corrected chi connectivity index (χ0v) is 23.4. The monoisotopic (exact) mass is 518 g/mol. The second kappa shape index (κ2) is 19.7. The van der Waals surface area contributed by atoms with E-state index < -0.39 is 0 Å². The van der Waals surface area contributed by atoms with Crippen molar-refractivity contribution in [3.8, 4) is 11.5 Å². The molecule has 37 heavy (non-hydrogen) atoms. The van der Waals surface area contributed by atoms with Crippen LogP contribution in [-0.2, 0) is 18.9 Å². The topological polar surface area (TPSA) is 75.6 Å². The first-order chi connectivity index (χ1) is 18.2. The Morgan fingerprint density at radius 1 is 0.784 bits per heavy atom. The van der Waals surface area contributed by atoms with E-state index >= 15 is 0 Å². The van der Waals surface area contributed by atoms with Crippen LogP contribution in [0.5, 0.6) is 11.5 Å². The van der Waals surface area contributed by atoms with Crippen LogP contribution in [0.3, 0.4) is 0 Å². The Morgan fingerprint density at radius 3 is 1.62 bits per heavy atom. The third-order valence-corrected chi connectivity index (χ3v) is 5.39.